The highest BCUT2D eigenvalue weighted by atomic mass is 15.2. The molecule has 0 atom stereocenters. The van der Waals surface area contributed by atoms with Gasteiger partial charge in [-0.2, -0.15) is 5.10 Å². The van der Waals surface area contributed by atoms with Gasteiger partial charge in [0, 0.05) is 12.4 Å². The van der Waals surface area contributed by atoms with Crippen molar-refractivity contribution >= 4 is 16.8 Å². The van der Waals surface area contributed by atoms with Crippen molar-refractivity contribution in [2.75, 3.05) is 0 Å². The van der Waals surface area contributed by atoms with Crippen LogP contribution >= 0.6 is 0 Å². The molecule has 0 unspecified atom stereocenters. The summed E-state index contributed by atoms with van der Waals surface area (Å²) in [5.74, 6) is 0. The Kier molecular flexibility index (Phi) is 0.889. The van der Waals surface area contributed by atoms with E-state index >= 15 is 0 Å². The van der Waals surface area contributed by atoms with E-state index in [1.165, 1.54) is 0 Å². The first-order chi connectivity index (χ1) is 5.95. The number of aromatic nitrogens is 4. The van der Waals surface area contributed by atoms with Crippen LogP contribution in [-0.4, -0.2) is 19.6 Å². The van der Waals surface area contributed by atoms with Gasteiger partial charge < -0.3 is 0 Å². The molecule has 3 rings (SSSR count). The molecule has 4 nitrogen and oxygen atoms in total. The van der Waals surface area contributed by atoms with Gasteiger partial charge in [0.05, 0.1) is 0 Å². The van der Waals surface area contributed by atoms with Crippen LogP contribution in [-0.2, 0) is 0 Å². The number of imidazole rings is 1. The SMILES string of the molecule is c1ccn2c(c1)nc1c[nH]nc12. The van der Waals surface area contributed by atoms with Gasteiger partial charge in [0.1, 0.15) is 11.2 Å². The molecule has 0 amide bonds. The number of aromatic amines is 1. The molecule has 0 aliphatic rings. The van der Waals surface area contributed by atoms with E-state index < -0.39 is 0 Å². The molecule has 3 aromatic heterocycles. The van der Waals surface area contributed by atoms with Gasteiger partial charge in [-0.1, -0.05) is 6.07 Å². The average Bonchev–Trinajstić information content (AvgIpc) is 2.62. The molecule has 0 aromatic carbocycles. The van der Waals surface area contributed by atoms with Crippen molar-refractivity contribution in [3.8, 4) is 0 Å². The van der Waals surface area contributed by atoms with Gasteiger partial charge in [-0.3, -0.25) is 9.50 Å². The minimum atomic E-state index is 0.880. The van der Waals surface area contributed by atoms with Crippen molar-refractivity contribution in [2.24, 2.45) is 0 Å². The van der Waals surface area contributed by atoms with Crippen LogP contribution in [0.5, 0.6) is 0 Å². The molecule has 4 heteroatoms. The molecular formula is C8H6N4. The van der Waals surface area contributed by atoms with E-state index in [-0.39, 0.29) is 0 Å². The van der Waals surface area contributed by atoms with Crippen LogP contribution in [0.15, 0.2) is 30.6 Å². The molecule has 12 heavy (non-hydrogen) atoms. The molecular weight excluding hydrogens is 152 g/mol. The Morgan fingerprint density at radius 2 is 2.33 bits per heavy atom. The van der Waals surface area contributed by atoms with E-state index in [4.69, 9.17) is 0 Å². The van der Waals surface area contributed by atoms with Crippen molar-refractivity contribution in [3.05, 3.63) is 30.6 Å². The third-order valence-electron chi connectivity index (χ3n) is 1.90. The zero-order chi connectivity index (χ0) is 7.97. The monoisotopic (exact) mass is 158 g/mol. The van der Waals surface area contributed by atoms with Gasteiger partial charge in [-0.05, 0) is 12.1 Å². The zero-order valence-corrected chi connectivity index (χ0v) is 6.23. The maximum Gasteiger partial charge on any atom is 0.186 e. The van der Waals surface area contributed by atoms with E-state index in [1.807, 2.05) is 28.8 Å². The van der Waals surface area contributed by atoms with E-state index in [1.54, 1.807) is 6.20 Å². The molecule has 0 bridgehead atoms. The second kappa shape index (κ2) is 1.85. The second-order valence-corrected chi connectivity index (χ2v) is 2.63. The molecule has 0 spiro atoms. The molecule has 0 aliphatic carbocycles. The standard InChI is InChI=1S/C8H6N4/c1-2-4-12-7(3-1)10-6-5-9-11-8(6)12/h1-5H,(H,9,11). The van der Waals surface area contributed by atoms with Gasteiger partial charge in [0.15, 0.2) is 5.65 Å². The lowest BCUT2D eigenvalue weighted by Gasteiger charge is -1.88. The fraction of sp³-hybridized carbons (Fsp3) is 0. The average molecular weight is 158 g/mol. The molecule has 0 saturated heterocycles. The fourth-order valence-corrected chi connectivity index (χ4v) is 1.36. The van der Waals surface area contributed by atoms with E-state index in [0.717, 1.165) is 16.8 Å². The van der Waals surface area contributed by atoms with Crippen molar-refractivity contribution in [1.29, 1.82) is 0 Å². The molecule has 0 aliphatic heterocycles. The summed E-state index contributed by atoms with van der Waals surface area (Å²) in [6, 6.07) is 5.88. The predicted octanol–water partition coefficient (Wildman–Crippen LogP) is 1.21. The van der Waals surface area contributed by atoms with Gasteiger partial charge >= 0.3 is 0 Å². The molecule has 0 radical (unpaired) electrons. The summed E-state index contributed by atoms with van der Waals surface area (Å²) < 4.78 is 1.95. The molecule has 3 heterocycles. The summed E-state index contributed by atoms with van der Waals surface area (Å²) >= 11 is 0. The first-order valence-electron chi connectivity index (χ1n) is 3.72. The largest absolute Gasteiger partial charge is 0.283 e. The number of hydrogen-bond donors (Lipinski definition) is 1. The van der Waals surface area contributed by atoms with Crippen molar-refractivity contribution < 1.29 is 0 Å². The lowest BCUT2D eigenvalue weighted by atomic mass is 10.5. The topological polar surface area (TPSA) is 46.0 Å². The number of nitrogens with zero attached hydrogens (tertiary/aromatic N) is 3. The molecule has 0 fully saturated rings. The maximum atomic E-state index is 4.34. The van der Waals surface area contributed by atoms with Gasteiger partial charge in [-0.25, -0.2) is 4.98 Å². The molecule has 3 aromatic rings. The van der Waals surface area contributed by atoms with Crippen molar-refractivity contribution in [1.82, 2.24) is 19.6 Å². The fourth-order valence-electron chi connectivity index (χ4n) is 1.36. The minimum absolute atomic E-state index is 0.880. The Morgan fingerprint density at radius 1 is 1.33 bits per heavy atom. The van der Waals surface area contributed by atoms with Crippen molar-refractivity contribution in [3.63, 3.8) is 0 Å². The van der Waals surface area contributed by atoms with Crippen LogP contribution in [0.1, 0.15) is 0 Å². The lowest BCUT2D eigenvalue weighted by molar-refractivity contribution is 1.07. The smallest absolute Gasteiger partial charge is 0.186 e. The summed E-state index contributed by atoms with van der Waals surface area (Å²) in [6.45, 7) is 0. The number of nitrogens with one attached hydrogen (secondary N) is 1. The van der Waals surface area contributed by atoms with Gasteiger partial charge in [0.25, 0.3) is 0 Å². The molecule has 58 valence electrons. The first kappa shape index (κ1) is 5.77. The Morgan fingerprint density at radius 3 is 3.33 bits per heavy atom. The minimum Gasteiger partial charge on any atom is -0.283 e. The number of rotatable bonds is 0. The van der Waals surface area contributed by atoms with Crippen molar-refractivity contribution in [2.45, 2.75) is 0 Å². The number of fused-ring (bicyclic) bond motifs is 3. The van der Waals surface area contributed by atoms with Crippen LogP contribution in [0.4, 0.5) is 0 Å². The zero-order valence-electron chi connectivity index (χ0n) is 6.23. The first-order valence-corrected chi connectivity index (χ1v) is 3.72. The third kappa shape index (κ3) is 0.567. The summed E-state index contributed by atoms with van der Waals surface area (Å²) in [5, 5.41) is 6.86. The van der Waals surface area contributed by atoms with Gasteiger partial charge in [0.2, 0.25) is 0 Å². The highest BCUT2D eigenvalue weighted by Gasteiger charge is 2.03. The van der Waals surface area contributed by atoms with E-state index in [2.05, 4.69) is 15.2 Å². The summed E-state index contributed by atoms with van der Waals surface area (Å²) in [5.41, 5.74) is 2.72. The van der Waals surface area contributed by atoms with E-state index in [9.17, 15) is 0 Å². The highest BCUT2D eigenvalue weighted by molar-refractivity contribution is 5.75. The normalized spacial score (nSPS) is 11.3. The Labute approximate surface area is 67.8 Å². The van der Waals surface area contributed by atoms with E-state index in [0.29, 0.717) is 0 Å². The van der Waals surface area contributed by atoms with Crippen LogP contribution < -0.4 is 0 Å². The number of pyridine rings is 1. The lowest BCUT2D eigenvalue weighted by Crippen LogP contribution is -1.82. The van der Waals surface area contributed by atoms with Crippen LogP contribution in [0.2, 0.25) is 0 Å². The van der Waals surface area contributed by atoms with Crippen LogP contribution in [0.3, 0.4) is 0 Å². The quantitative estimate of drug-likeness (QED) is 0.534. The summed E-state index contributed by atoms with van der Waals surface area (Å²) in [7, 11) is 0. The maximum absolute atomic E-state index is 4.34. The predicted molar refractivity (Wildman–Crippen MR) is 44.8 cm³/mol. The van der Waals surface area contributed by atoms with Gasteiger partial charge in [-0.15, -0.1) is 0 Å². The second-order valence-electron chi connectivity index (χ2n) is 2.63. The molecule has 0 saturated carbocycles. The van der Waals surface area contributed by atoms with Crippen LogP contribution in [0.25, 0.3) is 16.8 Å². The van der Waals surface area contributed by atoms with Crippen LogP contribution in [0, 0.1) is 0 Å². The molecule has 1 N–H and O–H groups in total. The highest BCUT2D eigenvalue weighted by Crippen LogP contribution is 2.11. The summed E-state index contributed by atoms with van der Waals surface area (Å²) in [6.07, 6.45) is 3.74. The Hall–Kier alpha value is -1.84. The Bertz CT molecular complexity index is 533. The number of H-pyrrole nitrogens is 1. The Balaban J connectivity index is 2.68. The third-order valence-corrected chi connectivity index (χ3v) is 1.90. The number of hydrogen-bond acceptors (Lipinski definition) is 2. The summed E-state index contributed by atoms with van der Waals surface area (Å²) in [4.78, 5) is 4.34.